The predicted octanol–water partition coefficient (Wildman–Crippen LogP) is 2.91. The number of nitrogens with one attached hydrogen (secondary N) is 3. The molecule has 4 N–H and O–H groups in total. The lowest BCUT2D eigenvalue weighted by atomic mass is 9.60. The maximum absolute atomic E-state index is 12.4. The average molecular weight is 356 g/mol. The third-order valence-corrected chi connectivity index (χ3v) is 6.27. The zero-order valence-electron chi connectivity index (χ0n) is 15.7. The van der Waals surface area contributed by atoms with Gasteiger partial charge in [0.15, 0.2) is 0 Å². The quantitative estimate of drug-likeness (QED) is 0.681. The van der Waals surface area contributed by atoms with Crippen molar-refractivity contribution in [3.63, 3.8) is 0 Å². The van der Waals surface area contributed by atoms with Gasteiger partial charge in [-0.15, -0.1) is 0 Å². The minimum absolute atomic E-state index is 0.139. The maximum atomic E-state index is 12.4. The molecule has 140 valence electrons. The molecule has 2 aliphatic rings. The molecular weight excluding hydrogens is 328 g/mol. The number of rotatable bonds is 3. The zero-order chi connectivity index (χ0) is 18.5. The van der Waals surface area contributed by atoms with E-state index in [0.717, 1.165) is 42.4 Å². The summed E-state index contributed by atoms with van der Waals surface area (Å²) in [6.07, 6.45) is 7.15. The summed E-state index contributed by atoms with van der Waals surface area (Å²) in [4.78, 5) is 19.9. The number of hydrogen-bond acceptors (Lipinski definition) is 4. The number of aliphatic hydroxyl groups is 1. The molecule has 2 aromatic rings. The van der Waals surface area contributed by atoms with E-state index in [1.165, 1.54) is 0 Å². The molecule has 6 heteroatoms. The molecule has 6 nitrogen and oxygen atoms in total. The molecule has 0 aromatic carbocycles. The summed E-state index contributed by atoms with van der Waals surface area (Å²) in [7, 11) is 1.64. The molecule has 26 heavy (non-hydrogen) atoms. The van der Waals surface area contributed by atoms with Gasteiger partial charge in [-0.05, 0) is 49.5 Å². The number of amides is 1. The van der Waals surface area contributed by atoms with Crippen LogP contribution < -0.4 is 10.6 Å². The summed E-state index contributed by atoms with van der Waals surface area (Å²) >= 11 is 0. The summed E-state index contributed by atoms with van der Waals surface area (Å²) in [6, 6.07) is 2.20. The van der Waals surface area contributed by atoms with Crippen molar-refractivity contribution in [2.45, 2.75) is 51.2 Å². The molecule has 2 saturated carbocycles. The van der Waals surface area contributed by atoms with Crippen molar-refractivity contribution in [3.8, 4) is 0 Å². The van der Waals surface area contributed by atoms with Gasteiger partial charge in [0.25, 0.3) is 5.91 Å². The average Bonchev–Trinajstić information content (AvgIpc) is 3.05. The predicted molar refractivity (Wildman–Crippen MR) is 102 cm³/mol. The van der Waals surface area contributed by atoms with Crippen molar-refractivity contribution >= 4 is 22.6 Å². The van der Waals surface area contributed by atoms with E-state index in [2.05, 4.69) is 34.4 Å². The van der Waals surface area contributed by atoms with Crippen LogP contribution in [0.5, 0.6) is 0 Å². The van der Waals surface area contributed by atoms with Gasteiger partial charge in [0.05, 0.1) is 16.9 Å². The minimum Gasteiger partial charge on any atom is -0.390 e. The molecule has 0 spiro atoms. The van der Waals surface area contributed by atoms with E-state index in [-0.39, 0.29) is 11.9 Å². The first-order valence-electron chi connectivity index (χ1n) is 9.57. The second-order valence-electron chi connectivity index (χ2n) is 8.45. The summed E-state index contributed by atoms with van der Waals surface area (Å²) in [5.74, 6) is 1.14. The molecule has 1 amide bonds. The van der Waals surface area contributed by atoms with Crippen LogP contribution in [0, 0.1) is 17.8 Å². The Labute approximate surface area is 153 Å². The van der Waals surface area contributed by atoms with E-state index in [1.54, 1.807) is 13.2 Å². The number of aromatic nitrogens is 2. The van der Waals surface area contributed by atoms with Crippen molar-refractivity contribution in [2.75, 3.05) is 12.4 Å². The molecule has 0 aliphatic heterocycles. The topological polar surface area (TPSA) is 90.0 Å². The molecule has 4 rings (SSSR count). The second-order valence-corrected chi connectivity index (χ2v) is 8.45. The Balaban J connectivity index is 1.72. The number of hydrogen-bond donors (Lipinski definition) is 4. The number of nitrogens with zero attached hydrogens (tertiary/aromatic N) is 1. The zero-order valence-corrected chi connectivity index (χ0v) is 15.7. The van der Waals surface area contributed by atoms with Crippen LogP contribution >= 0.6 is 0 Å². The van der Waals surface area contributed by atoms with Gasteiger partial charge in [-0.25, -0.2) is 4.98 Å². The van der Waals surface area contributed by atoms with Crippen LogP contribution in [0.3, 0.4) is 0 Å². The van der Waals surface area contributed by atoms with Gasteiger partial charge in [0.2, 0.25) is 0 Å². The van der Waals surface area contributed by atoms with E-state index in [4.69, 9.17) is 0 Å². The number of fused-ring (bicyclic) bond motifs is 3. The smallest absolute Gasteiger partial charge is 0.254 e. The summed E-state index contributed by atoms with van der Waals surface area (Å²) < 4.78 is 0. The first-order chi connectivity index (χ1) is 12.4. The third-order valence-electron chi connectivity index (χ3n) is 6.27. The third kappa shape index (κ3) is 2.86. The normalized spacial score (nSPS) is 33.8. The molecular formula is C20H28N4O2. The van der Waals surface area contributed by atoms with Gasteiger partial charge in [-0.2, -0.15) is 0 Å². The molecule has 2 fully saturated rings. The second kappa shape index (κ2) is 6.27. The number of carbonyl (C=O) groups excluding carboxylic acids is 1. The van der Waals surface area contributed by atoms with Crippen molar-refractivity contribution in [1.82, 2.24) is 15.3 Å². The fourth-order valence-corrected chi connectivity index (χ4v) is 5.43. The number of aromatic amines is 1. The first-order valence-corrected chi connectivity index (χ1v) is 9.57. The molecule has 2 bridgehead atoms. The van der Waals surface area contributed by atoms with E-state index >= 15 is 0 Å². The number of anilines is 1. The van der Waals surface area contributed by atoms with Crippen molar-refractivity contribution in [3.05, 3.63) is 24.0 Å². The minimum atomic E-state index is -0.523. The first kappa shape index (κ1) is 17.3. The molecule has 2 aromatic heterocycles. The number of pyridine rings is 1. The lowest BCUT2D eigenvalue weighted by Crippen LogP contribution is -2.53. The van der Waals surface area contributed by atoms with Crippen LogP contribution in [-0.2, 0) is 0 Å². The van der Waals surface area contributed by atoms with E-state index in [9.17, 15) is 9.90 Å². The van der Waals surface area contributed by atoms with Crippen LogP contribution in [-0.4, -0.2) is 39.7 Å². The number of carbonyl (C=O) groups is 1. The van der Waals surface area contributed by atoms with Crippen LogP contribution in [0.4, 0.5) is 5.69 Å². The van der Waals surface area contributed by atoms with Gasteiger partial charge in [-0.1, -0.05) is 13.8 Å². The lowest BCUT2D eigenvalue weighted by Gasteiger charge is -2.51. The van der Waals surface area contributed by atoms with Crippen LogP contribution in [0.15, 0.2) is 18.5 Å². The van der Waals surface area contributed by atoms with E-state index in [1.807, 2.05) is 12.3 Å². The van der Waals surface area contributed by atoms with Crippen LogP contribution in [0.1, 0.15) is 49.9 Å². The molecule has 2 heterocycles. The van der Waals surface area contributed by atoms with Gasteiger partial charge in [0, 0.05) is 30.9 Å². The Morgan fingerprint density at radius 1 is 1.35 bits per heavy atom. The Kier molecular flexibility index (Phi) is 4.18. The Morgan fingerprint density at radius 2 is 2.15 bits per heavy atom. The summed E-state index contributed by atoms with van der Waals surface area (Å²) in [6.45, 7) is 4.44. The van der Waals surface area contributed by atoms with Gasteiger partial charge >= 0.3 is 0 Å². The van der Waals surface area contributed by atoms with E-state index in [0.29, 0.717) is 23.3 Å². The largest absolute Gasteiger partial charge is 0.390 e. The SMILES string of the molecule is CNC(=O)c1cnc2[nH]ccc2c1NC1C(C)CC2(O)CC(C)CC1C2. The Morgan fingerprint density at radius 3 is 2.92 bits per heavy atom. The molecule has 5 unspecified atom stereocenters. The Bertz CT molecular complexity index is 828. The highest BCUT2D eigenvalue weighted by molar-refractivity contribution is 6.06. The van der Waals surface area contributed by atoms with Gasteiger partial charge in [-0.3, -0.25) is 4.79 Å². The highest BCUT2D eigenvalue weighted by atomic mass is 16.3. The molecule has 2 aliphatic carbocycles. The van der Waals surface area contributed by atoms with E-state index < -0.39 is 5.60 Å². The maximum Gasteiger partial charge on any atom is 0.254 e. The van der Waals surface area contributed by atoms with Crippen molar-refractivity contribution in [2.24, 2.45) is 17.8 Å². The van der Waals surface area contributed by atoms with Gasteiger partial charge < -0.3 is 20.7 Å². The van der Waals surface area contributed by atoms with Crippen molar-refractivity contribution in [1.29, 1.82) is 0 Å². The monoisotopic (exact) mass is 356 g/mol. The fourth-order valence-electron chi connectivity index (χ4n) is 5.43. The lowest BCUT2D eigenvalue weighted by molar-refractivity contribution is -0.0846. The highest BCUT2D eigenvalue weighted by Gasteiger charge is 2.48. The summed E-state index contributed by atoms with van der Waals surface area (Å²) in [5, 5.41) is 18.3. The number of H-pyrrole nitrogens is 1. The molecule has 0 saturated heterocycles. The highest BCUT2D eigenvalue weighted by Crippen LogP contribution is 2.48. The van der Waals surface area contributed by atoms with Gasteiger partial charge in [0.1, 0.15) is 5.65 Å². The fraction of sp³-hybridized carbons (Fsp3) is 0.600. The Hall–Kier alpha value is -2.08. The molecule has 0 radical (unpaired) electrons. The van der Waals surface area contributed by atoms with Crippen molar-refractivity contribution < 1.29 is 9.90 Å². The van der Waals surface area contributed by atoms with Crippen LogP contribution in [0.2, 0.25) is 0 Å². The standard InChI is InChI=1S/C20H28N4O2/c1-11-6-13-9-20(26,7-11)8-12(2)16(13)24-17-14-4-5-22-18(14)23-10-15(17)19(25)21-3/h4-5,10-13,16,26H,6-9H2,1-3H3,(H,21,25)(H2,22,23,24). The summed E-state index contributed by atoms with van der Waals surface area (Å²) in [5.41, 5.74) is 1.66. The van der Waals surface area contributed by atoms with Crippen LogP contribution in [0.25, 0.3) is 11.0 Å². The molecule has 5 atom stereocenters.